The summed E-state index contributed by atoms with van der Waals surface area (Å²) in [6, 6.07) is 9.31. The number of carbonyl (C=O) groups is 4. The summed E-state index contributed by atoms with van der Waals surface area (Å²) in [5.41, 5.74) is -0.420. The molecule has 9 heteroatoms. The van der Waals surface area contributed by atoms with Crippen molar-refractivity contribution in [3.8, 4) is 0 Å². The van der Waals surface area contributed by atoms with Gasteiger partial charge in [-0.25, -0.2) is 0 Å². The highest BCUT2D eigenvalue weighted by Gasteiger charge is 2.46. The number of carbonyl (C=O) groups excluding carboxylic acids is 4. The number of hydrogen-bond acceptors (Lipinski definition) is 4. The third kappa shape index (κ3) is 3.26. The van der Waals surface area contributed by atoms with Gasteiger partial charge in [-0.15, -0.1) is 0 Å². The molecule has 2 aromatic rings. The van der Waals surface area contributed by atoms with Crippen LogP contribution in [0.15, 0.2) is 48.5 Å². The highest BCUT2D eigenvalue weighted by molar-refractivity contribution is 6.23. The smallest absolute Gasteiger partial charge is 0.276 e. The number of alkyl halides is 3. The van der Waals surface area contributed by atoms with Crippen LogP contribution in [0.2, 0.25) is 0 Å². The lowest BCUT2D eigenvalue weighted by atomic mass is 10.0. The van der Waals surface area contributed by atoms with Crippen LogP contribution < -0.4 is 0 Å². The highest BCUT2D eigenvalue weighted by Crippen LogP contribution is 2.31. The van der Waals surface area contributed by atoms with Crippen molar-refractivity contribution in [2.75, 3.05) is 0 Å². The first-order valence-electron chi connectivity index (χ1n) is 9.16. The molecule has 2 aliphatic rings. The third-order valence-corrected chi connectivity index (χ3v) is 5.22. The first kappa shape index (κ1) is 19.8. The number of nitrogens with zero attached hydrogens (tertiary/aromatic N) is 2. The first-order chi connectivity index (χ1) is 14.2. The van der Waals surface area contributed by atoms with Crippen molar-refractivity contribution < 1.29 is 32.3 Å². The number of amides is 4. The molecule has 6 nitrogen and oxygen atoms in total. The highest BCUT2D eigenvalue weighted by atomic mass is 19.4. The van der Waals surface area contributed by atoms with E-state index in [4.69, 9.17) is 0 Å². The quantitative estimate of drug-likeness (QED) is 0.721. The van der Waals surface area contributed by atoms with Crippen LogP contribution in [-0.4, -0.2) is 39.5 Å². The molecule has 1 atom stereocenters. The summed E-state index contributed by atoms with van der Waals surface area (Å²) in [7, 11) is 0. The predicted molar refractivity (Wildman–Crippen MR) is 97.0 cm³/mol. The lowest BCUT2D eigenvalue weighted by Crippen LogP contribution is -2.55. The molecular weight excluding hydrogens is 401 g/mol. The van der Waals surface area contributed by atoms with Crippen molar-refractivity contribution in [1.29, 1.82) is 0 Å². The molecule has 30 heavy (non-hydrogen) atoms. The third-order valence-electron chi connectivity index (χ3n) is 5.22. The minimum atomic E-state index is -4.56. The zero-order valence-corrected chi connectivity index (χ0v) is 15.5. The summed E-state index contributed by atoms with van der Waals surface area (Å²) in [6.07, 6.45) is -4.69. The number of hydrogen-bond donors (Lipinski definition) is 0. The Kier molecular flexibility index (Phi) is 4.68. The fraction of sp³-hybridized carbons (Fsp3) is 0.238. The number of rotatable bonds is 3. The Morgan fingerprint density at radius 3 is 2.13 bits per heavy atom. The van der Waals surface area contributed by atoms with E-state index in [1.807, 2.05) is 0 Å². The standard InChI is InChI=1S/C21H15F3N2O4/c22-21(23,24)13-5-3-4-12(10-13)11-25-17(27)9-8-16(20(25)30)26-18(28)14-6-1-2-7-15(14)19(26)29/h1-7,10,16H,8-9,11H2. The van der Waals surface area contributed by atoms with Gasteiger partial charge in [-0.3, -0.25) is 29.0 Å². The average Bonchev–Trinajstić information content (AvgIpc) is 2.96. The molecule has 0 N–H and O–H groups in total. The van der Waals surface area contributed by atoms with Crippen LogP contribution in [0.4, 0.5) is 13.2 Å². The van der Waals surface area contributed by atoms with E-state index >= 15 is 0 Å². The second-order valence-corrected chi connectivity index (χ2v) is 7.10. The monoisotopic (exact) mass is 416 g/mol. The molecular formula is C21H15F3N2O4. The van der Waals surface area contributed by atoms with Crippen LogP contribution in [0.5, 0.6) is 0 Å². The minimum absolute atomic E-state index is 0.0256. The molecule has 2 heterocycles. The first-order valence-corrected chi connectivity index (χ1v) is 9.16. The number of piperidine rings is 1. The Labute approximate surface area is 168 Å². The summed E-state index contributed by atoms with van der Waals surface area (Å²) >= 11 is 0. The number of likely N-dealkylation sites (tertiary alicyclic amines) is 1. The number of benzene rings is 2. The van der Waals surface area contributed by atoms with Crippen LogP contribution in [0, 0.1) is 0 Å². The fourth-order valence-electron chi connectivity index (χ4n) is 3.75. The second kappa shape index (κ2) is 7.08. The second-order valence-electron chi connectivity index (χ2n) is 7.10. The van der Waals surface area contributed by atoms with Gasteiger partial charge in [0.2, 0.25) is 5.91 Å². The van der Waals surface area contributed by atoms with Crippen LogP contribution >= 0.6 is 0 Å². The molecule has 1 fully saturated rings. The van der Waals surface area contributed by atoms with Crippen LogP contribution in [0.3, 0.4) is 0 Å². The largest absolute Gasteiger partial charge is 0.416 e. The Balaban J connectivity index is 1.60. The molecule has 4 rings (SSSR count). The molecule has 2 aliphatic heterocycles. The van der Waals surface area contributed by atoms with Crippen molar-refractivity contribution in [3.63, 3.8) is 0 Å². The van der Waals surface area contributed by atoms with Gasteiger partial charge in [-0.05, 0) is 36.2 Å². The topological polar surface area (TPSA) is 74.8 Å². The number of imide groups is 2. The molecule has 0 saturated carbocycles. The Bertz CT molecular complexity index is 1040. The summed E-state index contributed by atoms with van der Waals surface area (Å²) in [4.78, 5) is 52.3. The molecule has 2 aromatic carbocycles. The van der Waals surface area contributed by atoms with Crippen molar-refractivity contribution in [2.24, 2.45) is 0 Å². The van der Waals surface area contributed by atoms with Gasteiger partial charge in [0.1, 0.15) is 6.04 Å². The van der Waals surface area contributed by atoms with E-state index < -0.39 is 41.4 Å². The van der Waals surface area contributed by atoms with Crippen molar-refractivity contribution in [3.05, 3.63) is 70.8 Å². The Morgan fingerprint density at radius 1 is 0.900 bits per heavy atom. The zero-order chi connectivity index (χ0) is 21.6. The van der Waals surface area contributed by atoms with E-state index in [1.165, 1.54) is 24.3 Å². The maximum atomic E-state index is 13.0. The van der Waals surface area contributed by atoms with Crippen LogP contribution in [-0.2, 0) is 22.3 Å². The maximum absolute atomic E-state index is 13.0. The molecule has 1 unspecified atom stereocenters. The van der Waals surface area contributed by atoms with E-state index in [1.54, 1.807) is 12.1 Å². The molecule has 0 bridgehead atoms. The molecule has 0 aliphatic carbocycles. The summed E-state index contributed by atoms with van der Waals surface area (Å²) in [5.74, 6) is -2.59. The maximum Gasteiger partial charge on any atom is 0.416 e. The number of halogens is 3. The van der Waals surface area contributed by atoms with Crippen LogP contribution in [0.1, 0.15) is 44.7 Å². The Morgan fingerprint density at radius 2 is 1.53 bits per heavy atom. The molecule has 154 valence electrons. The Hall–Kier alpha value is -3.49. The van der Waals surface area contributed by atoms with Crippen molar-refractivity contribution >= 4 is 23.6 Å². The summed E-state index contributed by atoms with van der Waals surface area (Å²) < 4.78 is 38.9. The van der Waals surface area contributed by atoms with Gasteiger partial charge in [0, 0.05) is 6.42 Å². The normalized spacial score (nSPS) is 19.5. The van der Waals surface area contributed by atoms with E-state index in [9.17, 15) is 32.3 Å². The van der Waals surface area contributed by atoms with Gasteiger partial charge in [0.25, 0.3) is 17.7 Å². The van der Waals surface area contributed by atoms with Crippen molar-refractivity contribution in [2.45, 2.75) is 31.6 Å². The van der Waals surface area contributed by atoms with Gasteiger partial charge in [-0.1, -0.05) is 24.3 Å². The van der Waals surface area contributed by atoms with E-state index in [-0.39, 0.29) is 36.1 Å². The molecule has 0 radical (unpaired) electrons. The van der Waals surface area contributed by atoms with Gasteiger partial charge in [0.05, 0.1) is 23.2 Å². The lowest BCUT2D eigenvalue weighted by molar-refractivity contribution is -0.152. The van der Waals surface area contributed by atoms with E-state index in [0.29, 0.717) is 0 Å². The van der Waals surface area contributed by atoms with Crippen LogP contribution in [0.25, 0.3) is 0 Å². The van der Waals surface area contributed by atoms with E-state index in [2.05, 4.69) is 0 Å². The van der Waals surface area contributed by atoms with Crippen molar-refractivity contribution in [1.82, 2.24) is 9.80 Å². The van der Waals surface area contributed by atoms with Gasteiger partial charge < -0.3 is 0 Å². The molecule has 0 aromatic heterocycles. The zero-order valence-electron chi connectivity index (χ0n) is 15.5. The van der Waals surface area contributed by atoms with Gasteiger partial charge in [-0.2, -0.15) is 13.2 Å². The fourth-order valence-corrected chi connectivity index (χ4v) is 3.75. The van der Waals surface area contributed by atoms with Gasteiger partial charge in [0.15, 0.2) is 0 Å². The number of fused-ring (bicyclic) bond motifs is 1. The predicted octanol–water partition coefficient (Wildman–Crippen LogP) is 3.02. The average molecular weight is 416 g/mol. The molecule has 4 amide bonds. The SMILES string of the molecule is O=C1CCC(N2C(=O)c3ccccc3C2=O)C(=O)N1Cc1cccc(C(F)(F)F)c1. The molecule has 1 saturated heterocycles. The minimum Gasteiger partial charge on any atom is -0.276 e. The molecule has 0 spiro atoms. The summed E-state index contributed by atoms with van der Waals surface area (Å²) in [5, 5.41) is 0. The van der Waals surface area contributed by atoms with E-state index in [0.717, 1.165) is 21.9 Å². The van der Waals surface area contributed by atoms with Gasteiger partial charge >= 0.3 is 6.18 Å². The summed E-state index contributed by atoms with van der Waals surface area (Å²) in [6.45, 7) is -0.374. The lowest BCUT2D eigenvalue weighted by Gasteiger charge is -2.34.